The van der Waals surface area contributed by atoms with Crippen LogP contribution in [0.5, 0.6) is 0 Å². The van der Waals surface area contributed by atoms with Crippen LogP contribution in [0.3, 0.4) is 0 Å². The number of hydrogen-bond donors (Lipinski definition) is 1. The van der Waals surface area contributed by atoms with Crippen molar-refractivity contribution in [3.05, 3.63) is 60.3 Å². The first kappa shape index (κ1) is 12.5. The number of nitrogens with two attached hydrogens (primary N) is 1. The molecule has 20 heavy (non-hydrogen) atoms. The molecule has 2 N–H and O–H groups in total. The summed E-state index contributed by atoms with van der Waals surface area (Å²) in [5.41, 5.74) is 8.55. The Balaban J connectivity index is 2.12. The minimum absolute atomic E-state index is 0.722. The van der Waals surface area contributed by atoms with Crippen LogP contribution in [-0.4, -0.2) is 12.0 Å². The van der Waals surface area contributed by atoms with E-state index in [9.17, 15) is 0 Å². The molecule has 2 aromatic carbocycles. The summed E-state index contributed by atoms with van der Waals surface area (Å²) < 4.78 is 0. The number of nitrogens with zero attached hydrogens (tertiary/aromatic N) is 2. The van der Waals surface area contributed by atoms with E-state index in [2.05, 4.69) is 52.3 Å². The molecule has 3 aromatic rings. The summed E-state index contributed by atoms with van der Waals surface area (Å²) in [6, 6.07) is 18.5. The van der Waals surface area contributed by atoms with Crippen molar-refractivity contribution in [2.24, 2.45) is 0 Å². The van der Waals surface area contributed by atoms with Crippen molar-refractivity contribution in [2.45, 2.75) is 6.92 Å². The summed E-state index contributed by atoms with van der Waals surface area (Å²) in [6.45, 7) is 1.93. The molecule has 0 aliphatic rings. The number of anilines is 3. The first-order chi connectivity index (χ1) is 9.66. The molecule has 3 nitrogen and oxygen atoms in total. The Morgan fingerprint density at radius 2 is 1.70 bits per heavy atom. The maximum absolute atomic E-state index is 5.84. The van der Waals surface area contributed by atoms with E-state index in [1.165, 1.54) is 10.8 Å². The van der Waals surface area contributed by atoms with Crippen LogP contribution in [0.1, 0.15) is 5.69 Å². The Morgan fingerprint density at radius 1 is 0.950 bits per heavy atom. The van der Waals surface area contributed by atoms with Gasteiger partial charge >= 0.3 is 0 Å². The van der Waals surface area contributed by atoms with Crippen LogP contribution < -0.4 is 10.6 Å². The quantitative estimate of drug-likeness (QED) is 0.762. The van der Waals surface area contributed by atoms with Gasteiger partial charge in [-0.15, -0.1) is 0 Å². The molecule has 0 fully saturated rings. The van der Waals surface area contributed by atoms with E-state index in [0.29, 0.717) is 0 Å². The third-order valence-electron chi connectivity index (χ3n) is 3.58. The molecule has 0 saturated carbocycles. The Kier molecular flexibility index (Phi) is 3.03. The van der Waals surface area contributed by atoms with Gasteiger partial charge in [0, 0.05) is 18.1 Å². The van der Waals surface area contributed by atoms with E-state index in [1.807, 2.05) is 26.1 Å². The maximum Gasteiger partial charge on any atom is 0.133 e. The van der Waals surface area contributed by atoms with Crippen molar-refractivity contribution in [1.82, 2.24) is 4.98 Å². The molecular weight excluding hydrogens is 246 g/mol. The molecule has 3 rings (SSSR count). The van der Waals surface area contributed by atoms with Crippen LogP contribution in [0.4, 0.5) is 17.2 Å². The number of hydrogen-bond acceptors (Lipinski definition) is 3. The second-order valence-corrected chi connectivity index (χ2v) is 4.90. The van der Waals surface area contributed by atoms with Crippen LogP contribution in [0, 0.1) is 6.92 Å². The molecule has 0 amide bonds. The molecule has 0 atom stereocenters. The van der Waals surface area contributed by atoms with E-state index >= 15 is 0 Å². The van der Waals surface area contributed by atoms with Crippen molar-refractivity contribution in [3.63, 3.8) is 0 Å². The third kappa shape index (κ3) is 2.07. The van der Waals surface area contributed by atoms with E-state index in [0.717, 1.165) is 22.9 Å². The molecule has 1 heterocycles. The smallest absolute Gasteiger partial charge is 0.133 e. The fourth-order valence-electron chi connectivity index (χ4n) is 2.37. The van der Waals surface area contributed by atoms with E-state index in [4.69, 9.17) is 5.73 Å². The maximum atomic E-state index is 5.84. The molecule has 0 radical (unpaired) electrons. The Morgan fingerprint density at radius 3 is 2.50 bits per heavy atom. The largest absolute Gasteiger partial charge is 0.397 e. The van der Waals surface area contributed by atoms with Gasteiger partial charge < -0.3 is 10.6 Å². The third-order valence-corrected chi connectivity index (χ3v) is 3.58. The van der Waals surface area contributed by atoms with Crippen LogP contribution in [0.25, 0.3) is 10.8 Å². The molecule has 0 bridgehead atoms. The number of rotatable bonds is 2. The predicted molar refractivity (Wildman–Crippen MR) is 85.4 cm³/mol. The van der Waals surface area contributed by atoms with Crippen LogP contribution in [0.2, 0.25) is 0 Å². The Hall–Kier alpha value is -2.55. The highest BCUT2D eigenvalue weighted by Crippen LogP contribution is 2.30. The molecule has 0 saturated heterocycles. The van der Waals surface area contributed by atoms with Gasteiger partial charge in [-0.2, -0.15) is 0 Å². The van der Waals surface area contributed by atoms with Gasteiger partial charge in [-0.05, 0) is 30.5 Å². The second kappa shape index (κ2) is 4.85. The standard InChI is InChI=1S/C17H17N3/c1-12-15(18)10-11-17(19-12)20(2)16-9-5-7-13-6-3-4-8-14(13)16/h3-11H,18H2,1-2H3. The number of aromatic nitrogens is 1. The molecule has 1 aromatic heterocycles. The lowest BCUT2D eigenvalue weighted by molar-refractivity contribution is 1.10. The van der Waals surface area contributed by atoms with Crippen molar-refractivity contribution in [2.75, 3.05) is 17.7 Å². The minimum Gasteiger partial charge on any atom is -0.397 e. The lowest BCUT2D eigenvalue weighted by Gasteiger charge is -2.21. The van der Waals surface area contributed by atoms with Crippen LogP contribution >= 0.6 is 0 Å². The number of aryl methyl sites for hydroxylation is 1. The molecule has 0 unspecified atom stereocenters. The zero-order valence-corrected chi connectivity index (χ0v) is 11.7. The summed E-state index contributed by atoms with van der Waals surface area (Å²) in [7, 11) is 2.03. The average Bonchev–Trinajstić information content (AvgIpc) is 2.49. The molecule has 0 aliphatic heterocycles. The van der Waals surface area contributed by atoms with Gasteiger partial charge in [0.15, 0.2) is 0 Å². The van der Waals surface area contributed by atoms with Crippen molar-refractivity contribution in [3.8, 4) is 0 Å². The zero-order chi connectivity index (χ0) is 14.1. The molecule has 0 spiro atoms. The monoisotopic (exact) mass is 263 g/mol. The highest BCUT2D eigenvalue weighted by molar-refractivity contribution is 5.95. The van der Waals surface area contributed by atoms with Gasteiger partial charge in [0.25, 0.3) is 0 Å². The van der Waals surface area contributed by atoms with Gasteiger partial charge in [-0.25, -0.2) is 4.98 Å². The first-order valence-electron chi connectivity index (χ1n) is 6.61. The van der Waals surface area contributed by atoms with Crippen molar-refractivity contribution in [1.29, 1.82) is 0 Å². The SMILES string of the molecule is Cc1nc(N(C)c2cccc3ccccc23)ccc1N. The average molecular weight is 263 g/mol. The lowest BCUT2D eigenvalue weighted by atomic mass is 10.1. The number of pyridine rings is 1. The topological polar surface area (TPSA) is 42.2 Å². The number of nitrogen functional groups attached to an aromatic ring is 1. The Bertz CT molecular complexity index is 760. The predicted octanol–water partition coefficient (Wildman–Crippen LogP) is 3.89. The highest BCUT2D eigenvalue weighted by Gasteiger charge is 2.09. The molecule has 100 valence electrons. The molecule has 3 heteroatoms. The van der Waals surface area contributed by atoms with E-state index in [-0.39, 0.29) is 0 Å². The number of benzene rings is 2. The summed E-state index contributed by atoms with van der Waals surface area (Å²) in [6.07, 6.45) is 0. The van der Waals surface area contributed by atoms with E-state index < -0.39 is 0 Å². The summed E-state index contributed by atoms with van der Waals surface area (Å²) >= 11 is 0. The van der Waals surface area contributed by atoms with Crippen molar-refractivity contribution < 1.29 is 0 Å². The van der Waals surface area contributed by atoms with Crippen LogP contribution in [-0.2, 0) is 0 Å². The van der Waals surface area contributed by atoms with Gasteiger partial charge in [-0.1, -0.05) is 36.4 Å². The van der Waals surface area contributed by atoms with Gasteiger partial charge in [0.1, 0.15) is 5.82 Å². The van der Waals surface area contributed by atoms with Gasteiger partial charge in [0.05, 0.1) is 11.4 Å². The van der Waals surface area contributed by atoms with Gasteiger partial charge in [-0.3, -0.25) is 0 Å². The second-order valence-electron chi connectivity index (χ2n) is 4.90. The normalized spacial score (nSPS) is 10.7. The summed E-state index contributed by atoms with van der Waals surface area (Å²) in [5.74, 6) is 0.896. The van der Waals surface area contributed by atoms with Gasteiger partial charge in [0.2, 0.25) is 0 Å². The highest BCUT2D eigenvalue weighted by atomic mass is 15.2. The minimum atomic E-state index is 0.722. The fraction of sp³-hybridized carbons (Fsp3) is 0.118. The number of fused-ring (bicyclic) bond motifs is 1. The van der Waals surface area contributed by atoms with Crippen LogP contribution in [0.15, 0.2) is 54.6 Å². The van der Waals surface area contributed by atoms with E-state index in [1.54, 1.807) is 0 Å². The first-order valence-corrected chi connectivity index (χ1v) is 6.61. The molecule has 0 aliphatic carbocycles. The Labute approximate surface area is 118 Å². The lowest BCUT2D eigenvalue weighted by Crippen LogP contribution is -2.12. The summed E-state index contributed by atoms with van der Waals surface area (Å²) in [4.78, 5) is 6.65. The molecular formula is C17H17N3. The summed E-state index contributed by atoms with van der Waals surface area (Å²) in [5, 5.41) is 2.44. The fourth-order valence-corrected chi connectivity index (χ4v) is 2.37. The van der Waals surface area contributed by atoms with Crippen molar-refractivity contribution >= 4 is 28.0 Å². The zero-order valence-electron chi connectivity index (χ0n) is 11.7.